The number of amides is 2. The highest BCUT2D eigenvalue weighted by molar-refractivity contribution is 6.13. The van der Waals surface area contributed by atoms with Gasteiger partial charge in [0.15, 0.2) is 0 Å². The molecule has 0 spiro atoms. The topological polar surface area (TPSA) is 123 Å². The summed E-state index contributed by atoms with van der Waals surface area (Å²) >= 11 is 0. The highest BCUT2D eigenvalue weighted by atomic mass is 16.6. The summed E-state index contributed by atoms with van der Waals surface area (Å²) in [5.41, 5.74) is 1.57. The van der Waals surface area contributed by atoms with Crippen LogP contribution in [0.4, 0.5) is 22.7 Å². The molecule has 0 saturated carbocycles. The highest BCUT2D eigenvalue weighted by Gasteiger charge is 2.27. The summed E-state index contributed by atoms with van der Waals surface area (Å²) in [6.07, 6.45) is -0.143. The number of carbonyl (C=O) groups is 2. The van der Waals surface area contributed by atoms with Gasteiger partial charge >= 0.3 is 0 Å². The number of hydrogen-bond acceptors (Lipinski definition) is 6. The van der Waals surface area contributed by atoms with Crippen molar-refractivity contribution in [2.24, 2.45) is 0 Å². The maximum Gasteiger partial charge on any atom is 0.273 e. The molecule has 2 amide bonds. The number of nitrogens with zero attached hydrogens (tertiary/aromatic N) is 1. The largest absolute Gasteiger partial charge is 0.494 e. The fourth-order valence-electron chi connectivity index (χ4n) is 3.47. The van der Waals surface area contributed by atoms with Crippen molar-refractivity contribution in [3.8, 4) is 5.75 Å². The van der Waals surface area contributed by atoms with Gasteiger partial charge in [0.25, 0.3) is 5.69 Å². The lowest BCUT2D eigenvalue weighted by atomic mass is 10.1. The van der Waals surface area contributed by atoms with Crippen LogP contribution in [0.2, 0.25) is 0 Å². The van der Waals surface area contributed by atoms with Crippen LogP contribution < -0.4 is 20.7 Å². The van der Waals surface area contributed by atoms with E-state index in [1.807, 2.05) is 36.4 Å². The molecule has 0 saturated heterocycles. The second kappa shape index (κ2) is 7.70. The Labute approximate surface area is 171 Å². The Balaban J connectivity index is 1.54. The highest BCUT2D eigenvalue weighted by Crippen LogP contribution is 2.34. The Bertz CT molecular complexity index is 1170. The van der Waals surface area contributed by atoms with Gasteiger partial charge in [0.2, 0.25) is 11.8 Å². The van der Waals surface area contributed by atoms with E-state index in [0.717, 1.165) is 16.5 Å². The van der Waals surface area contributed by atoms with Gasteiger partial charge in [-0.05, 0) is 23.6 Å². The minimum absolute atomic E-state index is 0.143. The Kier molecular flexibility index (Phi) is 4.93. The molecule has 1 heterocycles. The van der Waals surface area contributed by atoms with Crippen LogP contribution >= 0.6 is 0 Å². The molecule has 0 fully saturated rings. The van der Waals surface area contributed by atoms with E-state index in [0.29, 0.717) is 5.69 Å². The number of nitrogens with one attached hydrogen (secondary N) is 3. The van der Waals surface area contributed by atoms with Gasteiger partial charge in [-0.15, -0.1) is 0 Å². The fraction of sp³-hybridized carbons (Fsp3) is 0.143. The van der Waals surface area contributed by atoms with Crippen molar-refractivity contribution in [1.82, 2.24) is 0 Å². The number of non-ortho nitro benzene ring substituents is 1. The molecule has 30 heavy (non-hydrogen) atoms. The third-order valence-electron chi connectivity index (χ3n) is 4.87. The van der Waals surface area contributed by atoms with E-state index < -0.39 is 16.9 Å². The molecule has 1 aliphatic rings. The van der Waals surface area contributed by atoms with Crippen molar-refractivity contribution < 1.29 is 19.2 Å². The molecule has 4 rings (SSSR count). The van der Waals surface area contributed by atoms with Crippen LogP contribution in [0.3, 0.4) is 0 Å². The quantitative estimate of drug-likeness (QED) is 0.440. The van der Waals surface area contributed by atoms with E-state index >= 15 is 0 Å². The van der Waals surface area contributed by atoms with E-state index in [1.165, 1.54) is 25.3 Å². The predicted molar refractivity (Wildman–Crippen MR) is 113 cm³/mol. The summed E-state index contributed by atoms with van der Waals surface area (Å²) in [4.78, 5) is 35.7. The maximum absolute atomic E-state index is 12.7. The number of nitro benzene ring substituents is 1. The minimum Gasteiger partial charge on any atom is -0.494 e. The minimum atomic E-state index is -0.799. The first-order valence-corrected chi connectivity index (χ1v) is 9.17. The average molecular weight is 406 g/mol. The van der Waals surface area contributed by atoms with Gasteiger partial charge in [0.05, 0.1) is 35.9 Å². The molecule has 3 aromatic carbocycles. The second-order valence-electron chi connectivity index (χ2n) is 6.79. The molecule has 1 atom stereocenters. The molecule has 0 bridgehead atoms. The second-order valence-corrected chi connectivity index (χ2v) is 6.79. The monoisotopic (exact) mass is 406 g/mol. The molecule has 1 unspecified atom stereocenters. The zero-order valence-corrected chi connectivity index (χ0v) is 16.0. The number of ether oxygens (including phenoxy) is 1. The standard InChI is InChI=1S/C21H18N4O5/c1-30-18-10-13(25(28)29)8-9-14(18)23-19(26)11-17-21(27)24-16-7-3-5-12-4-2-6-15(22-17)20(12)16/h2-10,17,22H,11H2,1H3,(H,23,26)(H,24,27). The van der Waals surface area contributed by atoms with Crippen LogP contribution in [0.5, 0.6) is 5.75 Å². The zero-order chi connectivity index (χ0) is 21.3. The molecule has 9 heteroatoms. The molecule has 0 radical (unpaired) electrons. The van der Waals surface area contributed by atoms with E-state index in [4.69, 9.17) is 4.74 Å². The van der Waals surface area contributed by atoms with Gasteiger partial charge in [-0.1, -0.05) is 24.3 Å². The number of carbonyl (C=O) groups excluding carboxylic acids is 2. The van der Waals surface area contributed by atoms with Gasteiger partial charge < -0.3 is 20.7 Å². The van der Waals surface area contributed by atoms with Gasteiger partial charge in [-0.25, -0.2) is 0 Å². The van der Waals surface area contributed by atoms with Crippen LogP contribution in [0.25, 0.3) is 10.8 Å². The van der Waals surface area contributed by atoms with Gasteiger partial charge in [0, 0.05) is 17.1 Å². The molecule has 1 aliphatic heterocycles. The Hall–Kier alpha value is -4.14. The SMILES string of the molecule is COc1cc([N+](=O)[O-])ccc1NC(=O)CC1Nc2cccc3cccc(c23)NC1=O. The van der Waals surface area contributed by atoms with E-state index in [2.05, 4.69) is 16.0 Å². The van der Waals surface area contributed by atoms with E-state index in [-0.39, 0.29) is 29.5 Å². The summed E-state index contributed by atoms with van der Waals surface area (Å²) in [7, 11) is 1.35. The first kappa shape index (κ1) is 19.2. The van der Waals surface area contributed by atoms with Crippen LogP contribution in [0, 0.1) is 10.1 Å². The molecule has 0 aromatic heterocycles. The van der Waals surface area contributed by atoms with Gasteiger partial charge in [-0.3, -0.25) is 19.7 Å². The van der Waals surface area contributed by atoms with E-state index in [9.17, 15) is 19.7 Å². The van der Waals surface area contributed by atoms with Gasteiger partial charge in [-0.2, -0.15) is 0 Å². The maximum atomic E-state index is 12.7. The number of anilines is 3. The summed E-state index contributed by atoms with van der Waals surface area (Å²) in [6.45, 7) is 0. The summed E-state index contributed by atoms with van der Waals surface area (Å²) in [6, 6.07) is 14.4. The number of benzene rings is 3. The smallest absolute Gasteiger partial charge is 0.273 e. The van der Waals surface area contributed by atoms with Gasteiger partial charge in [0.1, 0.15) is 11.8 Å². The normalized spacial score (nSPS) is 15.0. The van der Waals surface area contributed by atoms with Crippen LogP contribution in [0.15, 0.2) is 54.6 Å². The first-order valence-electron chi connectivity index (χ1n) is 9.17. The van der Waals surface area contributed by atoms with Crippen LogP contribution in [-0.2, 0) is 9.59 Å². The summed E-state index contributed by atoms with van der Waals surface area (Å²) in [5, 5.41) is 21.4. The Morgan fingerprint density at radius 1 is 1.17 bits per heavy atom. The summed E-state index contributed by atoms with van der Waals surface area (Å²) in [5.74, 6) is -0.606. The molecule has 0 aliphatic carbocycles. The molecule has 152 valence electrons. The first-order chi connectivity index (χ1) is 14.5. The molecular weight excluding hydrogens is 388 g/mol. The van der Waals surface area contributed by atoms with Crippen molar-refractivity contribution >= 4 is 45.3 Å². The lowest BCUT2D eigenvalue weighted by Gasteiger charge is -2.17. The van der Waals surface area contributed by atoms with Crippen molar-refractivity contribution in [3.63, 3.8) is 0 Å². The Morgan fingerprint density at radius 2 is 1.90 bits per heavy atom. The molecular formula is C21H18N4O5. The van der Waals surface area contributed by atoms with Crippen molar-refractivity contribution in [1.29, 1.82) is 0 Å². The van der Waals surface area contributed by atoms with Crippen LogP contribution in [0.1, 0.15) is 6.42 Å². The van der Waals surface area contributed by atoms with Crippen LogP contribution in [-0.4, -0.2) is 29.9 Å². The number of nitro groups is 1. The van der Waals surface area contributed by atoms with Crippen molar-refractivity contribution in [2.75, 3.05) is 23.1 Å². The van der Waals surface area contributed by atoms with E-state index in [1.54, 1.807) is 0 Å². The van der Waals surface area contributed by atoms with Crippen molar-refractivity contribution in [3.05, 3.63) is 64.7 Å². The molecule has 9 nitrogen and oxygen atoms in total. The number of methoxy groups -OCH3 is 1. The third-order valence-corrected chi connectivity index (χ3v) is 4.87. The average Bonchev–Trinajstić information content (AvgIpc) is 2.86. The summed E-state index contributed by atoms with van der Waals surface area (Å²) < 4.78 is 5.13. The third kappa shape index (κ3) is 3.60. The lowest BCUT2D eigenvalue weighted by Crippen LogP contribution is -2.36. The Morgan fingerprint density at radius 3 is 2.60 bits per heavy atom. The fourth-order valence-corrected chi connectivity index (χ4v) is 3.47. The van der Waals surface area contributed by atoms with Crippen molar-refractivity contribution in [2.45, 2.75) is 12.5 Å². The molecule has 3 N–H and O–H groups in total. The number of rotatable bonds is 5. The lowest BCUT2D eigenvalue weighted by molar-refractivity contribution is -0.384. The molecule has 3 aromatic rings. The zero-order valence-electron chi connectivity index (χ0n) is 16.0. The number of hydrogen-bond donors (Lipinski definition) is 3. The predicted octanol–water partition coefficient (Wildman–Crippen LogP) is 3.52.